The lowest BCUT2D eigenvalue weighted by Gasteiger charge is -2.15. The van der Waals surface area contributed by atoms with Crippen LogP contribution in [0.4, 0.5) is 0 Å². The molecule has 0 aliphatic heterocycles. The molecule has 0 amide bonds. The molecule has 0 atom stereocenters. The molecule has 0 aliphatic rings. The molecule has 1 aromatic heterocycles. The second-order valence-corrected chi connectivity index (χ2v) is 4.35. The summed E-state index contributed by atoms with van der Waals surface area (Å²) in [6.45, 7) is 0.729. The lowest BCUT2D eigenvalue weighted by Crippen LogP contribution is -2.05. The molecule has 21 heavy (non-hydrogen) atoms. The Hall–Kier alpha value is -2.35. The first kappa shape index (κ1) is 15.0. The van der Waals surface area contributed by atoms with Crippen molar-refractivity contribution in [1.29, 1.82) is 0 Å². The molecular formula is C13H19N5O3. The minimum absolute atomic E-state index is 0.177. The predicted molar refractivity (Wildman–Crippen MR) is 75.4 cm³/mol. The summed E-state index contributed by atoms with van der Waals surface area (Å²) in [5, 5.41) is 11.7. The molecule has 0 aliphatic carbocycles. The first-order valence-electron chi connectivity index (χ1n) is 6.48. The van der Waals surface area contributed by atoms with Crippen molar-refractivity contribution in [2.75, 3.05) is 20.8 Å². The molecule has 2 rings (SSSR count). The van der Waals surface area contributed by atoms with E-state index in [1.165, 1.54) is 4.80 Å². The Kier molecular flexibility index (Phi) is 4.94. The maximum atomic E-state index is 5.72. The summed E-state index contributed by atoms with van der Waals surface area (Å²) in [5.74, 6) is 2.16. The van der Waals surface area contributed by atoms with E-state index in [4.69, 9.17) is 19.9 Å². The van der Waals surface area contributed by atoms with E-state index in [2.05, 4.69) is 15.4 Å². The van der Waals surface area contributed by atoms with Gasteiger partial charge in [0, 0.05) is 0 Å². The molecule has 2 aromatic rings. The molecular weight excluding hydrogens is 274 g/mol. The summed E-state index contributed by atoms with van der Waals surface area (Å²) in [6.07, 6.45) is 0.735. The first-order chi connectivity index (χ1) is 10.2. The van der Waals surface area contributed by atoms with Gasteiger partial charge in [-0.2, -0.15) is 4.80 Å². The molecule has 8 nitrogen and oxygen atoms in total. The molecule has 1 heterocycles. The van der Waals surface area contributed by atoms with Gasteiger partial charge in [0.1, 0.15) is 0 Å². The van der Waals surface area contributed by atoms with Crippen LogP contribution in [0.1, 0.15) is 11.4 Å². The third-order valence-corrected chi connectivity index (χ3v) is 2.85. The molecule has 2 N–H and O–H groups in total. The van der Waals surface area contributed by atoms with E-state index in [-0.39, 0.29) is 6.61 Å². The number of benzene rings is 1. The van der Waals surface area contributed by atoms with Gasteiger partial charge in [-0.25, -0.2) is 0 Å². The molecule has 114 valence electrons. The third kappa shape index (κ3) is 3.60. The second-order valence-electron chi connectivity index (χ2n) is 4.35. The lowest BCUT2D eigenvalue weighted by molar-refractivity contribution is 0.258. The molecule has 0 spiro atoms. The zero-order valence-electron chi connectivity index (χ0n) is 12.4. The smallest absolute Gasteiger partial charge is 0.212 e. The molecule has 0 saturated carbocycles. The Morgan fingerprint density at radius 3 is 2.33 bits per heavy atom. The van der Waals surface area contributed by atoms with Crippen LogP contribution in [0.15, 0.2) is 12.1 Å². The van der Waals surface area contributed by atoms with Crippen LogP contribution in [0.25, 0.3) is 0 Å². The number of methoxy groups -OCH3 is 2. The van der Waals surface area contributed by atoms with E-state index in [0.29, 0.717) is 29.6 Å². The van der Waals surface area contributed by atoms with Crippen LogP contribution in [-0.2, 0) is 20.1 Å². The van der Waals surface area contributed by atoms with Crippen LogP contribution in [-0.4, -0.2) is 41.0 Å². The molecule has 0 unspecified atom stereocenters. The van der Waals surface area contributed by atoms with E-state index in [1.54, 1.807) is 21.3 Å². The van der Waals surface area contributed by atoms with Crippen molar-refractivity contribution in [2.24, 2.45) is 12.8 Å². The van der Waals surface area contributed by atoms with E-state index < -0.39 is 0 Å². The fourth-order valence-electron chi connectivity index (χ4n) is 1.91. The number of nitrogens with zero attached hydrogens (tertiary/aromatic N) is 4. The molecule has 0 saturated heterocycles. The van der Waals surface area contributed by atoms with Gasteiger partial charge >= 0.3 is 0 Å². The average Bonchev–Trinajstić information content (AvgIpc) is 2.90. The molecule has 0 fully saturated rings. The number of aromatic nitrogens is 4. The largest absolute Gasteiger partial charge is 0.493 e. The van der Waals surface area contributed by atoms with E-state index in [0.717, 1.165) is 12.0 Å². The van der Waals surface area contributed by atoms with Crippen LogP contribution in [0, 0.1) is 0 Å². The summed E-state index contributed by atoms with van der Waals surface area (Å²) < 4.78 is 16.4. The van der Waals surface area contributed by atoms with Crippen molar-refractivity contribution >= 4 is 0 Å². The van der Waals surface area contributed by atoms with Crippen molar-refractivity contribution in [3.8, 4) is 17.2 Å². The molecule has 0 bridgehead atoms. The lowest BCUT2D eigenvalue weighted by atomic mass is 10.1. The van der Waals surface area contributed by atoms with Crippen LogP contribution >= 0.6 is 0 Å². The van der Waals surface area contributed by atoms with Gasteiger partial charge in [-0.15, -0.1) is 10.2 Å². The van der Waals surface area contributed by atoms with Crippen LogP contribution in [0.2, 0.25) is 0 Å². The van der Waals surface area contributed by atoms with Gasteiger partial charge in [0.15, 0.2) is 18.1 Å². The van der Waals surface area contributed by atoms with Crippen molar-refractivity contribution in [3.05, 3.63) is 23.5 Å². The highest BCUT2D eigenvalue weighted by atomic mass is 16.5. The van der Waals surface area contributed by atoms with Gasteiger partial charge < -0.3 is 19.9 Å². The Morgan fingerprint density at radius 1 is 1.19 bits per heavy atom. The maximum absolute atomic E-state index is 5.72. The van der Waals surface area contributed by atoms with Gasteiger partial charge in [0.2, 0.25) is 11.6 Å². The number of rotatable bonds is 7. The second kappa shape index (κ2) is 6.89. The number of tetrazole rings is 1. The Balaban J connectivity index is 2.23. The Labute approximate surface area is 122 Å². The predicted octanol–water partition coefficient (Wildman–Crippen LogP) is 0.308. The summed E-state index contributed by atoms with van der Waals surface area (Å²) in [7, 11) is 4.85. The van der Waals surface area contributed by atoms with Crippen LogP contribution in [0.3, 0.4) is 0 Å². The van der Waals surface area contributed by atoms with E-state index in [9.17, 15) is 0 Å². The number of hydrogen-bond acceptors (Lipinski definition) is 7. The SMILES string of the molecule is COc1cc(CCN)cc(OC)c1OCc1nnn(C)n1. The van der Waals surface area contributed by atoms with Gasteiger partial charge in [0.05, 0.1) is 21.3 Å². The van der Waals surface area contributed by atoms with Crippen molar-refractivity contribution < 1.29 is 14.2 Å². The normalized spacial score (nSPS) is 10.5. The topological polar surface area (TPSA) is 97.3 Å². The van der Waals surface area contributed by atoms with Gasteiger partial charge in [-0.05, 0) is 35.9 Å². The first-order valence-corrected chi connectivity index (χ1v) is 6.48. The highest BCUT2D eigenvalue weighted by Gasteiger charge is 2.15. The van der Waals surface area contributed by atoms with E-state index >= 15 is 0 Å². The summed E-state index contributed by atoms with van der Waals surface area (Å²) >= 11 is 0. The van der Waals surface area contributed by atoms with Crippen molar-refractivity contribution in [3.63, 3.8) is 0 Å². The Morgan fingerprint density at radius 2 is 1.86 bits per heavy atom. The minimum atomic E-state index is 0.177. The maximum Gasteiger partial charge on any atom is 0.212 e. The summed E-state index contributed by atoms with van der Waals surface area (Å²) in [5.41, 5.74) is 6.60. The third-order valence-electron chi connectivity index (χ3n) is 2.85. The van der Waals surface area contributed by atoms with Gasteiger partial charge in [-0.1, -0.05) is 0 Å². The van der Waals surface area contributed by atoms with Gasteiger partial charge in [0.25, 0.3) is 0 Å². The number of hydrogen-bond donors (Lipinski definition) is 1. The fourth-order valence-corrected chi connectivity index (χ4v) is 1.91. The number of ether oxygens (including phenoxy) is 3. The summed E-state index contributed by atoms with van der Waals surface area (Å²) in [6, 6.07) is 3.77. The molecule has 0 radical (unpaired) electrons. The average molecular weight is 293 g/mol. The number of nitrogens with two attached hydrogens (primary N) is 1. The zero-order chi connectivity index (χ0) is 15.2. The quantitative estimate of drug-likeness (QED) is 0.784. The van der Waals surface area contributed by atoms with Crippen molar-refractivity contribution in [2.45, 2.75) is 13.0 Å². The fraction of sp³-hybridized carbons (Fsp3) is 0.462. The number of aryl methyl sites for hydroxylation is 1. The van der Waals surface area contributed by atoms with Gasteiger partial charge in [-0.3, -0.25) is 0 Å². The van der Waals surface area contributed by atoms with Crippen LogP contribution in [0.5, 0.6) is 17.2 Å². The van der Waals surface area contributed by atoms with Crippen LogP contribution < -0.4 is 19.9 Å². The van der Waals surface area contributed by atoms with Crippen molar-refractivity contribution in [1.82, 2.24) is 20.2 Å². The molecule has 8 heteroatoms. The standard InChI is InChI=1S/C13H19N5O3/c1-18-16-12(15-17-18)8-21-13-10(19-2)6-9(4-5-14)7-11(13)20-3/h6-7H,4-5,8,14H2,1-3H3. The monoisotopic (exact) mass is 293 g/mol. The molecule has 1 aromatic carbocycles. The highest BCUT2D eigenvalue weighted by molar-refractivity contribution is 5.54. The summed E-state index contributed by atoms with van der Waals surface area (Å²) in [4.78, 5) is 1.37. The minimum Gasteiger partial charge on any atom is -0.493 e. The Bertz CT molecular complexity index is 574. The zero-order valence-corrected chi connectivity index (χ0v) is 12.4. The highest BCUT2D eigenvalue weighted by Crippen LogP contribution is 2.39. The van der Waals surface area contributed by atoms with E-state index in [1.807, 2.05) is 12.1 Å².